The van der Waals surface area contributed by atoms with E-state index in [4.69, 9.17) is 5.73 Å². The van der Waals surface area contributed by atoms with Crippen molar-refractivity contribution in [1.82, 2.24) is 4.90 Å². The van der Waals surface area contributed by atoms with E-state index in [1.807, 2.05) is 11.3 Å². The SMILES string of the molecule is CCC(N)C(c1sccc1C)N1CCC2(CCCC2)CC1. The molecule has 21 heavy (non-hydrogen) atoms. The molecule has 2 heterocycles. The molecule has 1 aromatic heterocycles. The normalized spacial score (nSPS) is 25.3. The van der Waals surface area contributed by atoms with Crippen molar-refractivity contribution in [2.24, 2.45) is 11.1 Å². The molecule has 1 saturated carbocycles. The number of likely N-dealkylation sites (tertiary alicyclic amines) is 1. The molecule has 0 radical (unpaired) electrons. The molecule has 2 fully saturated rings. The van der Waals surface area contributed by atoms with E-state index in [9.17, 15) is 0 Å². The van der Waals surface area contributed by atoms with Crippen LogP contribution in [0.5, 0.6) is 0 Å². The Labute approximate surface area is 133 Å². The van der Waals surface area contributed by atoms with Crippen LogP contribution in [0.4, 0.5) is 0 Å². The molecule has 2 nitrogen and oxygen atoms in total. The van der Waals surface area contributed by atoms with Gasteiger partial charge in [-0.2, -0.15) is 0 Å². The van der Waals surface area contributed by atoms with Gasteiger partial charge in [0.1, 0.15) is 0 Å². The Morgan fingerprint density at radius 1 is 1.24 bits per heavy atom. The second-order valence-corrected chi connectivity index (χ2v) is 8.18. The molecule has 1 saturated heterocycles. The third-order valence-electron chi connectivity index (χ3n) is 5.96. The van der Waals surface area contributed by atoms with Crippen LogP contribution in [-0.4, -0.2) is 24.0 Å². The lowest BCUT2D eigenvalue weighted by atomic mass is 9.76. The second-order valence-electron chi connectivity index (χ2n) is 7.23. The van der Waals surface area contributed by atoms with Crippen molar-refractivity contribution < 1.29 is 0 Å². The molecule has 3 heteroatoms. The highest BCUT2D eigenvalue weighted by Crippen LogP contribution is 2.47. The molecule has 118 valence electrons. The number of thiophene rings is 1. The highest BCUT2D eigenvalue weighted by atomic mass is 32.1. The summed E-state index contributed by atoms with van der Waals surface area (Å²) in [6.07, 6.45) is 9.72. The van der Waals surface area contributed by atoms with Gasteiger partial charge < -0.3 is 5.73 Å². The van der Waals surface area contributed by atoms with Crippen molar-refractivity contribution in [3.05, 3.63) is 21.9 Å². The number of rotatable bonds is 4. The average molecular weight is 307 g/mol. The maximum absolute atomic E-state index is 6.52. The van der Waals surface area contributed by atoms with Gasteiger partial charge in [-0.1, -0.05) is 19.8 Å². The molecule has 2 atom stereocenters. The second kappa shape index (κ2) is 6.39. The predicted molar refractivity (Wildman–Crippen MR) is 91.8 cm³/mol. The molecule has 3 rings (SSSR count). The molecule has 1 aliphatic carbocycles. The summed E-state index contributed by atoms with van der Waals surface area (Å²) in [6, 6.07) is 2.95. The van der Waals surface area contributed by atoms with Gasteiger partial charge in [0.2, 0.25) is 0 Å². The molecule has 0 bridgehead atoms. The first-order valence-corrected chi connectivity index (χ1v) is 9.57. The highest BCUT2D eigenvalue weighted by molar-refractivity contribution is 7.10. The summed E-state index contributed by atoms with van der Waals surface area (Å²) < 4.78 is 0. The largest absolute Gasteiger partial charge is 0.326 e. The van der Waals surface area contributed by atoms with E-state index < -0.39 is 0 Å². The van der Waals surface area contributed by atoms with Crippen LogP contribution in [0.2, 0.25) is 0 Å². The van der Waals surface area contributed by atoms with Gasteiger partial charge >= 0.3 is 0 Å². The molecule has 0 amide bonds. The van der Waals surface area contributed by atoms with Crippen molar-refractivity contribution in [3.63, 3.8) is 0 Å². The summed E-state index contributed by atoms with van der Waals surface area (Å²) in [5.41, 5.74) is 8.64. The Hall–Kier alpha value is -0.380. The van der Waals surface area contributed by atoms with Gasteiger partial charge in [0.25, 0.3) is 0 Å². The smallest absolute Gasteiger partial charge is 0.0596 e. The molecule has 1 spiro atoms. The van der Waals surface area contributed by atoms with Crippen LogP contribution < -0.4 is 5.73 Å². The van der Waals surface area contributed by atoms with Gasteiger partial charge in [-0.3, -0.25) is 4.90 Å². The van der Waals surface area contributed by atoms with Crippen molar-refractivity contribution in [2.45, 2.75) is 70.9 Å². The number of piperidine rings is 1. The van der Waals surface area contributed by atoms with Crippen molar-refractivity contribution in [3.8, 4) is 0 Å². The van der Waals surface area contributed by atoms with Gasteiger partial charge in [-0.05, 0) is 74.5 Å². The van der Waals surface area contributed by atoms with Gasteiger partial charge in [0, 0.05) is 10.9 Å². The van der Waals surface area contributed by atoms with Gasteiger partial charge in [-0.25, -0.2) is 0 Å². The lowest BCUT2D eigenvalue weighted by Gasteiger charge is -2.44. The Bertz CT molecular complexity index is 452. The van der Waals surface area contributed by atoms with E-state index in [1.54, 1.807) is 0 Å². The highest BCUT2D eigenvalue weighted by Gasteiger charge is 2.39. The first-order valence-electron chi connectivity index (χ1n) is 8.69. The Morgan fingerprint density at radius 2 is 1.90 bits per heavy atom. The molecule has 2 unspecified atom stereocenters. The molecule has 2 N–H and O–H groups in total. The van der Waals surface area contributed by atoms with Crippen LogP contribution in [0.15, 0.2) is 11.4 Å². The quantitative estimate of drug-likeness (QED) is 0.888. The van der Waals surface area contributed by atoms with Crippen LogP contribution in [-0.2, 0) is 0 Å². The maximum atomic E-state index is 6.52. The zero-order valence-corrected chi connectivity index (χ0v) is 14.4. The average Bonchev–Trinajstić information content (AvgIpc) is 3.12. The lowest BCUT2D eigenvalue weighted by Crippen LogP contribution is -2.46. The van der Waals surface area contributed by atoms with Crippen LogP contribution in [0.1, 0.15) is 68.4 Å². The molecular weight excluding hydrogens is 276 g/mol. The summed E-state index contributed by atoms with van der Waals surface area (Å²) in [7, 11) is 0. The molecule has 2 aliphatic rings. The summed E-state index contributed by atoms with van der Waals surface area (Å²) in [6.45, 7) is 6.96. The molecule has 1 aliphatic heterocycles. The van der Waals surface area contributed by atoms with E-state index in [1.165, 1.54) is 62.1 Å². The Kier molecular flexibility index (Phi) is 4.72. The van der Waals surface area contributed by atoms with E-state index in [0.717, 1.165) is 6.42 Å². The van der Waals surface area contributed by atoms with E-state index >= 15 is 0 Å². The number of nitrogens with two attached hydrogens (primary N) is 1. The van der Waals surface area contributed by atoms with Crippen LogP contribution >= 0.6 is 11.3 Å². The van der Waals surface area contributed by atoms with E-state index in [0.29, 0.717) is 11.5 Å². The minimum absolute atomic E-state index is 0.264. The van der Waals surface area contributed by atoms with Crippen LogP contribution in [0, 0.1) is 12.3 Å². The number of hydrogen-bond acceptors (Lipinski definition) is 3. The van der Waals surface area contributed by atoms with Gasteiger partial charge in [0.05, 0.1) is 6.04 Å². The van der Waals surface area contributed by atoms with Gasteiger partial charge in [0.15, 0.2) is 0 Å². The fraction of sp³-hybridized carbons (Fsp3) is 0.778. The summed E-state index contributed by atoms with van der Waals surface area (Å²) >= 11 is 1.90. The monoisotopic (exact) mass is 306 g/mol. The number of aryl methyl sites for hydroxylation is 1. The van der Waals surface area contributed by atoms with Crippen molar-refractivity contribution in [2.75, 3.05) is 13.1 Å². The van der Waals surface area contributed by atoms with E-state index in [2.05, 4.69) is 30.2 Å². The fourth-order valence-electron chi connectivity index (χ4n) is 4.44. The minimum Gasteiger partial charge on any atom is -0.326 e. The Balaban J connectivity index is 1.74. The van der Waals surface area contributed by atoms with E-state index in [-0.39, 0.29) is 6.04 Å². The van der Waals surface area contributed by atoms with Crippen LogP contribution in [0.25, 0.3) is 0 Å². The topological polar surface area (TPSA) is 29.3 Å². The lowest BCUT2D eigenvalue weighted by molar-refractivity contribution is 0.0661. The molecule has 0 aromatic carbocycles. The fourth-order valence-corrected chi connectivity index (χ4v) is 5.58. The minimum atomic E-state index is 0.264. The van der Waals surface area contributed by atoms with Crippen molar-refractivity contribution >= 4 is 11.3 Å². The third kappa shape index (κ3) is 3.06. The number of hydrogen-bond donors (Lipinski definition) is 1. The first-order chi connectivity index (χ1) is 10.2. The molecule has 1 aromatic rings. The first kappa shape index (κ1) is 15.5. The van der Waals surface area contributed by atoms with Crippen LogP contribution in [0.3, 0.4) is 0 Å². The summed E-state index contributed by atoms with van der Waals surface area (Å²) in [4.78, 5) is 4.20. The standard InChI is InChI=1S/C18H30N2S/c1-3-15(19)16(17-14(2)6-13-21-17)20-11-9-18(10-12-20)7-4-5-8-18/h6,13,15-16H,3-5,7-12,19H2,1-2H3. The zero-order valence-electron chi connectivity index (χ0n) is 13.6. The summed E-state index contributed by atoms with van der Waals surface area (Å²) in [5.74, 6) is 0. The summed E-state index contributed by atoms with van der Waals surface area (Å²) in [5, 5.41) is 2.22. The third-order valence-corrected chi connectivity index (χ3v) is 7.05. The number of nitrogens with zero attached hydrogens (tertiary/aromatic N) is 1. The van der Waals surface area contributed by atoms with Gasteiger partial charge in [-0.15, -0.1) is 11.3 Å². The predicted octanol–water partition coefficient (Wildman–Crippen LogP) is 4.49. The zero-order chi connectivity index (χ0) is 14.9. The Morgan fingerprint density at radius 3 is 2.43 bits per heavy atom. The molecular formula is C18H30N2S. The van der Waals surface area contributed by atoms with Crippen molar-refractivity contribution in [1.29, 1.82) is 0 Å². The maximum Gasteiger partial charge on any atom is 0.0596 e.